The van der Waals surface area contributed by atoms with Crippen LogP contribution >= 0.6 is 11.3 Å². The lowest BCUT2D eigenvalue weighted by Crippen LogP contribution is -2.26. The molecule has 0 atom stereocenters. The van der Waals surface area contributed by atoms with Crippen LogP contribution in [0.1, 0.15) is 12.8 Å². The molecule has 0 fully saturated rings. The first-order valence-corrected chi connectivity index (χ1v) is 10.0. The van der Waals surface area contributed by atoms with E-state index in [0.29, 0.717) is 30.6 Å². The Hall–Kier alpha value is -2.23. The molecule has 0 bridgehead atoms. The predicted octanol–water partition coefficient (Wildman–Crippen LogP) is 2.72. The molecule has 25 heavy (non-hydrogen) atoms. The lowest BCUT2D eigenvalue weighted by atomic mass is 10.3. The number of nitrogens with one attached hydrogen (secondary N) is 1. The van der Waals surface area contributed by atoms with E-state index < -0.39 is 10.0 Å². The second-order valence-corrected chi connectivity index (χ2v) is 7.75. The molecule has 2 aromatic heterocycles. The van der Waals surface area contributed by atoms with E-state index in [4.69, 9.17) is 9.15 Å². The zero-order chi connectivity index (χ0) is 17.7. The summed E-state index contributed by atoms with van der Waals surface area (Å²) >= 11 is 1.50. The number of sulfonamides is 1. The summed E-state index contributed by atoms with van der Waals surface area (Å²) < 4.78 is 37.9. The number of aromatic nitrogens is 2. The molecular weight excluding hydrogens is 362 g/mol. The SMILES string of the molecule is CCOc1ccc(S(=O)(=O)NCCc2nnc(-c3cccs3)o2)cc1. The van der Waals surface area contributed by atoms with Crippen LogP contribution in [0.25, 0.3) is 10.8 Å². The Morgan fingerprint density at radius 3 is 2.68 bits per heavy atom. The summed E-state index contributed by atoms with van der Waals surface area (Å²) in [6.45, 7) is 2.57. The Morgan fingerprint density at radius 1 is 1.20 bits per heavy atom. The molecule has 9 heteroatoms. The van der Waals surface area contributed by atoms with Gasteiger partial charge in [-0.2, -0.15) is 0 Å². The fourth-order valence-corrected chi connectivity index (χ4v) is 3.79. The maximum atomic E-state index is 12.3. The van der Waals surface area contributed by atoms with E-state index in [2.05, 4.69) is 14.9 Å². The number of benzene rings is 1. The van der Waals surface area contributed by atoms with Gasteiger partial charge in [0.25, 0.3) is 5.89 Å². The van der Waals surface area contributed by atoms with Crippen molar-refractivity contribution in [1.82, 2.24) is 14.9 Å². The number of hydrogen-bond donors (Lipinski definition) is 1. The van der Waals surface area contributed by atoms with E-state index in [1.54, 1.807) is 12.1 Å². The molecule has 1 aromatic carbocycles. The van der Waals surface area contributed by atoms with Crippen molar-refractivity contribution < 1.29 is 17.6 Å². The van der Waals surface area contributed by atoms with Crippen molar-refractivity contribution in [3.05, 3.63) is 47.7 Å². The standard InChI is InChI=1S/C16H17N3O4S2/c1-2-22-12-5-7-13(8-6-12)25(20,21)17-10-9-15-18-19-16(23-15)14-4-3-11-24-14/h3-8,11,17H,2,9-10H2,1H3. The quantitative estimate of drug-likeness (QED) is 0.647. The van der Waals surface area contributed by atoms with Crippen LogP contribution in [0.2, 0.25) is 0 Å². The number of ether oxygens (including phenoxy) is 1. The third-order valence-electron chi connectivity index (χ3n) is 3.27. The maximum Gasteiger partial charge on any atom is 0.257 e. The van der Waals surface area contributed by atoms with E-state index in [0.717, 1.165) is 4.88 Å². The minimum atomic E-state index is -3.59. The molecule has 3 aromatic rings. The van der Waals surface area contributed by atoms with Crippen LogP contribution < -0.4 is 9.46 Å². The molecule has 7 nitrogen and oxygen atoms in total. The molecular formula is C16H17N3O4S2. The van der Waals surface area contributed by atoms with Gasteiger partial charge in [0, 0.05) is 13.0 Å². The maximum absolute atomic E-state index is 12.3. The number of rotatable bonds is 8. The normalized spacial score (nSPS) is 11.6. The molecule has 2 heterocycles. The Kier molecular flexibility index (Phi) is 5.47. The van der Waals surface area contributed by atoms with Crippen LogP contribution in [0.5, 0.6) is 5.75 Å². The van der Waals surface area contributed by atoms with Gasteiger partial charge in [0.05, 0.1) is 16.4 Å². The predicted molar refractivity (Wildman–Crippen MR) is 94.1 cm³/mol. The molecule has 0 aliphatic heterocycles. The van der Waals surface area contributed by atoms with Gasteiger partial charge in [-0.15, -0.1) is 21.5 Å². The van der Waals surface area contributed by atoms with Crippen molar-refractivity contribution in [3.8, 4) is 16.5 Å². The Morgan fingerprint density at radius 2 is 2.00 bits per heavy atom. The van der Waals surface area contributed by atoms with Crippen molar-refractivity contribution in [2.24, 2.45) is 0 Å². The van der Waals surface area contributed by atoms with E-state index in [-0.39, 0.29) is 11.4 Å². The van der Waals surface area contributed by atoms with Crippen molar-refractivity contribution in [1.29, 1.82) is 0 Å². The highest BCUT2D eigenvalue weighted by atomic mass is 32.2. The average Bonchev–Trinajstić information content (AvgIpc) is 3.27. The van der Waals surface area contributed by atoms with E-state index >= 15 is 0 Å². The minimum absolute atomic E-state index is 0.168. The highest BCUT2D eigenvalue weighted by molar-refractivity contribution is 7.89. The van der Waals surface area contributed by atoms with Gasteiger partial charge in [0.15, 0.2) is 0 Å². The van der Waals surface area contributed by atoms with Crippen LogP contribution in [-0.4, -0.2) is 31.8 Å². The zero-order valence-corrected chi connectivity index (χ0v) is 15.1. The van der Waals surface area contributed by atoms with Gasteiger partial charge in [-0.3, -0.25) is 0 Å². The second kappa shape index (κ2) is 7.77. The molecule has 1 N–H and O–H groups in total. The van der Waals surface area contributed by atoms with Gasteiger partial charge in [-0.05, 0) is 42.6 Å². The number of thiophene rings is 1. The summed E-state index contributed by atoms with van der Waals surface area (Å²) in [5.41, 5.74) is 0. The monoisotopic (exact) mass is 379 g/mol. The lowest BCUT2D eigenvalue weighted by molar-refractivity contribution is 0.340. The summed E-state index contributed by atoms with van der Waals surface area (Å²) in [7, 11) is -3.59. The van der Waals surface area contributed by atoms with E-state index in [9.17, 15) is 8.42 Å². The van der Waals surface area contributed by atoms with Crippen molar-refractivity contribution in [3.63, 3.8) is 0 Å². The first kappa shape index (κ1) is 17.6. The van der Waals surface area contributed by atoms with E-state index in [1.165, 1.54) is 23.5 Å². The average molecular weight is 379 g/mol. The summed E-state index contributed by atoms with van der Waals surface area (Å²) in [5, 5.41) is 9.82. The third-order valence-corrected chi connectivity index (χ3v) is 5.61. The largest absolute Gasteiger partial charge is 0.494 e. The fraction of sp³-hybridized carbons (Fsp3) is 0.250. The van der Waals surface area contributed by atoms with Gasteiger partial charge < -0.3 is 9.15 Å². The summed E-state index contributed by atoms with van der Waals surface area (Å²) in [6, 6.07) is 10.1. The zero-order valence-electron chi connectivity index (χ0n) is 13.5. The Bertz CT molecular complexity index is 903. The fourth-order valence-electron chi connectivity index (χ4n) is 2.11. The molecule has 132 valence electrons. The van der Waals surface area contributed by atoms with Crippen LogP contribution in [0, 0.1) is 0 Å². The first-order valence-electron chi connectivity index (χ1n) is 7.67. The first-order chi connectivity index (χ1) is 12.1. The van der Waals surface area contributed by atoms with Crippen LogP contribution in [0.4, 0.5) is 0 Å². The highest BCUT2D eigenvalue weighted by Crippen LogP contribution is 2.23. The van der Waals surface area contributed by atoms with Crippen LogP contribution in [0.3, 0.4) is 0 Å². The molecule has 0 unspecified atom stereocenters. The lowest BCUT2D eigenvalue weighted by Gasteiger charge is -2.07. The molecule has 0 aliphatic rings. The van der Waals surface area contributed by atoms with Gasteiger partial charge in [-0.1, -0.05) is 6.07 Å². The van der Waals surface area contributed by atoms with E-state index in [1.807, 2.05) is 24.4 Å². The number of nitrogens with zero attached hydrogens (tertiary/aromatic N) is 2. The summed E-state index contributed by atoms with van der Waals surface area (Å²) in [6.07, 6.45) is 0.314. The highest BCUT2D eigenvalue weighted by Gasteiger charge is 2.15. The third kappa shape index (κ3) is 4.44. The molecule has 0 saturated carbocycles. The van der Waals surface area contributed by atoms with Gasteiger partial charge in [-0.25, -0.2) is 13.1 Å². The smallest absolute Gasteiger partial charge is 0.257 e. The minimum Gasteiger partial charge on any atom is -0.494 e. The van der Waals surface area contributed by atoms with Gasteiger partial charge >= 0.3 is 0 Å². The van der Waals surface area contributed by atoms with Crippen molar-refractivity contribution >= 4 is 21.4 Å². The van der Waals surface area contributed by atoms with Crippen molar-refractivity contribution in [2.45, 2.75) is 18.2 Å². The summed E-state index contributed by atoms with van der Waals surface area (Å²) in [5.74, 6) is 1.46. The van der Waals surface area contributed by atoms with Crippen LogP contribution in [-0.2, 0) is 16.4 Å². The van der Waals surface area contributed by atoms with Crippen LogP contribution in [0.15, 0.2) is 51.1 Å². The Labute approximate surface area is 149 Å². The second-order valence-electron chi connectivity index (χ2n) is 5.03. The van der Waals surface area contributed by atoms with Crippen molar-refractivity contribution in [2.75, 3.05) is 13.2 Å². The topological polar surface area (TPSA) is 94.3 Å². The molecule has 0 saturated heterocycles. The molecule has 0 aliphatic carbocycles. The summed E-state index contributed by atoms with van der Waals surface area (Å²) in [4.78, 5) is 1.06. The number of hydrogen-bond acceptors (Lipinski definition) is 7. The molecule has 3 rings (SSSR count). The van der Waals surface area contributed by atoms with Gasteiger partial charge in [0.2, 0.25) is 15.9 Å². The molecule has 0 radical (unpaired) electrons. The molecule has 0 amide bonds. The Balaban J connectivity index is 1.57. The molecule has 0 spiro atoms. The van der Waals surface area contributed by atoms with Gasteiger partial charge in [0.1, 0.15) is 5.75 Å².